The second-order valence-electron chi connectivity index (χ2n) is 4.03. The minimum absolute atomic E-state index is 0.173. The minimum Gasteiger partial charge on any atom is -0.371 e. The van der Waals surface area contributed by atoms with Gasteiger partial charge in [-0.2, -0.15) is 0 Å². The zero-order valence-electron chi connectivity index (χ0n) is 9.96. The molecule has 3 N–H and O–H groups in total. The first-order valence-corrected chi connectivity index (χ1v) is 6.11. The molecule has 1 heterocycles. The standard InChI is InChI=1S/C12H16ClN3O/c1-3-16(4-2)10-6-9-7(5-8(10)13)11(14)12(17)15-9/h5-6,11H,3-4,14H2,1-2H3,(H,15,17). The number of hydrogen-bond acceptors (Lipinski definition) is 3. The Hall–Kier alpha value is -1.26. The molecule has 1 unspecified atom stereocenters. The van der Waals surface area contributed by atoms with Crippen LogP contribution in [0.15, 0.2) is 12.1 Å². The van der Waals surface area contributed by atoms with Gasteiger partial charge >= 0.3 is 0 Å². The summed E-state index contributed by atoms with van der Waals surface area (Å²) in [5.74, 6) is -0.173. The molecule has 0 spiro atoms. The molecule has 0 aliphatic carbocycles. The van der Waals surface area contributed by atoms with Gasteiger partial charge in [0.25, 0.3) is 0 Å². The van der Waals surface area contributed by atoms with Crippen molar-refractivity contribution < 1.29 is 4.79 Å². The van der Waals surface area contributed by atoms with Gasteiger partial charge in [-0.1, -0.05) is 11.6 Å². The molecular formula is C12H16ClN3O. The van der Waals surface area contributed by atoms with Gasteiger partial charge in [-0.05, 0) is 26.0 Å². The highest BCUT2D eigenvalue weighted by Crippen LogP contribution is 2.37. The van der Waals surface area contributed by atoms with Gasteiger partial charge < -0.3 is 16.0 Å². The number of nitrogens with zero attached hydrogens (tertiary/aromatic N) is 1. The van der Waals surface area contributed by atoms with Crippen LogP contribution in [0.3, 0.4) is 0 Å². The molecule has 1 amide bonds. The van der Waals surface area contributed by atoms with Gasteiger partial charge in [0.2, 0.25) is 5.91 Å². The maximum Gasteiger partial charge on any atom is 0.245 e. The highest BCUT2D eigenvalue weighted by atomic mass is 35.5. The van der Waals surface area contributed by atoms with E-state index in [1.54, 1.807) is 6.07 Å². The average molecular weight is 254 g/mol. The third kappa shape index (κ3) is 1.98. The summed E-state index contributed by atoms with van der Waals surface area (Å²) >= 11 is 6.24. The number of anilines is 2. The normalized spacial score (nSPS) is 17.9. The van der Waals surface area contributed by atoms with Crippen molar-refractivity contribution in [3.8, 4) is 0 Å². The minimum atomic E-state index is -0.603. The van der Waals surface area contributed by atoms with Crippen molar-refractivity contribution in [2.24, 2.45) is 5.73 Å². The van der Waals surface area contributed by atoms with Gasteiger partial charge in [0.05, 0.1) is 10.7 Å². The highest BCUT2D eigenvalue weighted by Gasteiger charge is 2.28. The molecule has 0 fully saturated rings. The molecule has 1 atom stereocenters. The fourth-order valence-electron chi connectivity index (χ4n) is 2.10. The van der Waals surface area contributed by atoms with Crippen LogP contribution < -0.4 is 16.0 Å². The monoisotopic (exact) mass is 253 g/mol. The first-order valence-electron chi connectivity index (χ1n) is 5.73. The van der Waals surface area contributed by atoms with E-state index >= 15 is 0 Å². The average Bonchev–Trinajstić information content (AvgIpc) is 2.58. The first-order chi connectivity index (χ1) is 8.08. The van der Waals surface area contributed by atoms with E-state index in [4.69, 9.17) is 17.3 Å². The van der Waals surface area contributed by atoms with Gasteiger partial charge in [0.1, 0.15) is 6.04 Å². The predicted octanol–water partition coefficient (Wildman–Crippen LogP) is 2.14. The maximum absolute atomic E-state index is 11.5. The Morgan fingerprint density at radius 2 is 2.06 bits per heavy atom. The number of nitrogens with two attached hydrogens (primary N) is 1. The van der Waals surface area contributed by atoms with E-state index in [-0.39, 0.29) is 5.91 Å². The maximum atomic E-state index is 11.5. The quantitative estimate of drug-likeness (QED) is 0.868. The molecule has 5 heteroatoms. The lowest BCUT2D eigenvalue weighted by molar-refractivity contribution is -0.116. The molecule has 92 valence electrons. The lowest BCUT2D eigenvalue weighted by atomic mass is 10.1. The molecule has 1 aliphatic heterocycles. The molecule has 0 bridgehead atoms. The lowest BCUT2D eigenvalue weighted by Crippen LogP contribution is -2.22. The first kappa shape index (κ1) is 12.2. The molecule has 1 aromatic rings. The van der Waals surface area contributed by atoms with Crippen molar-refractivity contribution in [2.75, 3.05) is 23.3 Å². The molecule has 17 heavy (non-hydrogen) atoms. The molecule has 4 nitrogen and oxygen atoms in total. The SMILES string of the molecule is CCN(CC)c1cc2c(cc1Cl)C(N)C(=O)N2. The zero-order chi connectivity index (χ0) is 12.6. The summed E-state index contributed by atoms with van der Waals surface area (Å²) in [6.45, 7) is 5.87. The van der Waals surface area contributed by atoms with Crippen molar-refractivity contribution >= 4 is 28.9 Å². The number of fused-ring (bicyclic) bond motifs is 1. The Morgan fingerprint density at radius 3 is 2.65 bits per heavy atom. The van der Waals surface area contributed by atoms with Crippen molar-refractivity contribution in [2.45, 2.75) is 19.9 Å². The van der Waals surface area contributed by atoms with Crippen LogP contribution in [0.2, 0.25) is 5.02 Å². The smallest absolute Gasteiger partial charge is 0.245 e. The van der Waals surface area contributed by atoms with Gasteiger partial charge in [-0.3, -0.25) is 4.79 Å². The van der Waals surface area contributed by atoms with Gasteiger partial charge in [-0.15, -0.1) is 0 Å². The second kappa shape index (κ2) is 4.55. The van der Waals surface area contributed by atoms with E-state index in [0.717, 1.165) is 30.0 Å². The molecule has 0 aromatic heterocycles. The molecular weight excluding hydrogens is 238 g/mol. The third-order valence-corrected chi connectivity index (χ3v) is 3.40. The van der Waals surface area contributed by atoms with Gasteiger partial charge in [-0.25, -0.2) is 0 Å². The third-order valence-electron chi connectivity index (χ3n) is 3.10. The summed E-state index contributed by atoms with van der Waals surface area (Å²) in [5.41, 5.74) is 8.25. The van der Waals surface area contributed by atoms with E-state index in [2.05, 4.69) is 24.1 Å². The van der Waals surface area contributed by atoms with Crippen LogP contribution in [0.1, 0.15) is 25.5 Å². The second-order valence-corrected chi connectivity index (χ2v) is 4.44. The molecule has 0 radical (unpaired) electrons. The van der Waals surface area contributed by atoms with Crippen molar-refractivity contribution in [1.82, 2.24) is 0 Å². The summed E-state index contributed by atoms with van der Waals surface area (Å²) in [6, 6.07) is 3.08. The van der Waals surface area contributed by atoms with Crippen molar-refractivity contribution in [3.63, 3.8) is 0 Å². The molecule has 2 rings (SSSR count). The Labute approximate surface area is 106 Å². The van der Waals surface area contributed by atoms with Crippen LogP contribution in [-0.4, -0.2) is 19.0 Å². The van der Waals surface area contributed by atoms with E-state index in [0.29, 0.717) is 5.02 Å². The number of amides is 1. The Kier molecular flexibility index (Phi) is 3.26. The van der Waals surface area contributed by atoms with Crippen LogP contribution in [0.5, 0.6) is 0 Å². The van der Waals surface area contributed by atoms with Crippen LogP contribution in [0, 0.1) is 0 Å². The Balaban J connectivity index is 2.46. The summed E-state index contributed by atoms with van der Waals surface area (Å²) in [5, 5.41) is 3.41. The summed E-state index contributed by atoms with van der Waals surface area (Å²) < 4.78 is 0. The zero-order valence-corrected chi connectivity index (χ0v) is 10.7. The number of hydrogen-bond donors (Lipinski definition) is 2. The van der Waals surface area contributed by atoms with Gasteiger partial charge in [0.15, 0.2) is 0 Å². The van der Waals surface area contributed by atoms with E-state index in [1.165, 1.54) is 0 Å². The number of benzene rings is 1. The number of halogens is 1. The number of nitrogens with one attached hydrogen (secondary N) is 1. The van der Waals surface area contributed by atoms with Gasteiger partial charge in [0, 0.05) is 24.3 Å². The number of carbonyl (C=O) groups excluding carboxylic acids is 1. The van der Waals surface area contributed by atoms with Crippen molar-refractivity contribution in [3.05, 3.63) is 22.7 Å². The molecule has 0 saturated heterocycles. The largest absolute Gasteiger partial charge is 0.371 e. The van der Waals surface area contributed by atoms with Crippen LogP contribution in [-0.2, 0) is 4.79 Å². The van der Waals surface area contributed by atoms with Crippen LogP contribution in [0.25, 0.3) is 0 Å². The Morgan fingerprint density at radius 1 is 1.41 bits per heavy atom. The molecule has 1 aliphatic rings. The lowest BCUT2D eigenvalue weighted by Gasteiger charge is -2.23. The van der Waals surface area contributed by atoms with E-state index < -0.39 is 6.04 Å². The highest BCUT2D eigenvalue weighted by molar-refractivity contribution is 6.33. The fraction of sp³-hybridized carbons (Fsp3) is 0.417. The van der Waals surface area contributed by atoms with E-state index in [9.17, 15) is 4.79 Å². The van der Waals surface area contributed by atoms with Crippen molar-refractivity contribution in [1.29, 1.82) is 0 Å². The topological polar surface area (TPSA) is 58.4 Å². The predicted molar refractivity (Wildman–Crippen MR) is 70.6 cm³/mol. The Bertz CT molecular complexity index is 457. The fourth-order valence-corrected chi connectivity index (χ4v) is 2.39. The molecule has 1 aromatic carbocycles. The van der Waals surface area contributed by atoms with Crippen LogP contribution >= 0.6 is 11.6 Å². The molecule has 0 saturated carbocycles. The van der Waals surface area contributed by atoms with E-state index in [1.807, 2.05) is 6.07 Å². The summed E-state index contributed by atoms with van der Waals surface area (Å²) in [6.07, 6.45) is 0. The number of carbonyl (C=O) groups is 1. The number of rotatable bonds is 3. The van der Waals surface area contributed by atoms with Crippen LogP contribution in [0.4, 0.5) is 11.4 Å². The summed E-state index contributed by atoms with van der Waals surface area (Å²) in [7, 11) is 0. The summed E-state index contributed by atoms with van der Waals surface area (Å²) in [4.78, 5) is 13.6.